The summed E-state index contributed by atoms with van der Waals surface area (Å²) >= 11 is 0. The van der Waals surface area contributed by atoms with Crippen LogP contribution in [-0.4, -0.2) is 44.5 Å². The van der Waals surface area contributed by atoms with Crippen molar-refractivity contribution in [1.29, 1.82) is 0 Å². The van der Waals surface area contributed by atoms with Gasteiger partial charge < -0.3 is 15.5 Å². The molecule has 0 radical (unpaired) electrons. The SMILES string of the molecule is CNCCN(C)CCC(=O)Nc1ccccc1. The number of carbonyl (C=O) groups excluding carboxylic acids is 1. The Morgan fingerprint density at radius 1 is 1.24 bits per heavy atom. The molecule has 0 fully saturated rings. The fourth-order valence-corrected chi connectivity index (χ4v) is 1.45. The van der Waals surface area contributed by atoms with E-state index in [1.807, 2.05) is 44.4 Å². The first-order chi connectivity index (χ1) is 8.22. The number of anilines is 1. The van der Waals surface area contributed by atoms with Gasteiger partial charge in [-0.2, -0.15) is 0 Å². The van der Waals surface area contributed by atoms with Crippen LogP contribution in [0, 0.1) is 0 Å². The fourth-order valence-electron chi connectivity index (χ4n) is 1.45. The van der Waals surface area contributed by atoms with Gasteiger partial charge in [0.2, 0.25) is 5.91 Å². The lowest BCUT2D eigenvalue weighted by Gasteiger charge is -2.15. The summed E-state index contributed by atoms with van der Waals surface area (Å²) < 4.78 is 0. The molecule has 2 N–H and O–H groups in total. The van der Waals surface area contributed by atoms with E-state index in [-0.39, 0.29) is 5.91 Å². The average molecular weight is 235 g/mol. The van der Waals surface area contributed by atoms with Crippen molar-refractivity contribution in [3.63, 3.8) is 0 Å². The molecule has 0 atom stereocenters. The molecular formula is C13H21N3O. The molecule has 0 spiro atoms. The second-order valence-electron chi connectivity index (χ2n) is 4.07. The number of nitrogens with zero attached hydrogens (tertiary/aromatic N) is 1. The molecule has 1 amide bonds. The van der Waals surface area contributed by atoms with E-state index in [4.69, 9.17) is 0 Å². The number of likely N-dealkylation sites (N-methyl/N-ethyl adjacent to an activating group) is 2. The Balaban J connectivity index is 2.21. The zero-order chi connectivity index (χ0) is 12.5. The molecule has 0 aliphatic rings. The van der Waals surface area contributed by atoms with E-state index in [0.717, 1.165) is 25.3 Å². The monoisotopic (exact) mass is 235 g/mol. The van der Waals surface area contributed by atoms with Gasteiger partial charge in [-0.1, -0.05) is 18.2 Å². The molecule has 0 saturated carbocycles. The lowest BCUT2D eigenvalue weighted by Crippen LogP contribution is -2.30. The molecule has 0 saturated heterocycles. The summed E-state index contributed by atoms with van der Waals surface area (Å²) in [7, 11) is 3.95. The minimum absolute atomic E-state index is 0.0625. The molecule has 4 heteroatoms. The van der Waals surface area contributed by atoms with E-state index in [9.17, 15) is 4.79 Å². The molecule has 1 aromatic carbocycles. The molecule has 1 rings (SSSR count). The fraction of sp³-hybridized carbons (Fsp3) is 0.462. The highest BCUT2D eigenvalue weighted by molar-refractivity contribution is 5.90. The standard InChI is InChI=1S/C13H21N3O/c1-14-9-11-16(2)10-8-13(17)15-12-6-4-3-5-7-12/h3-7,14H,8-11H2,1-2H3,(H,15,17). The maximum Gasteiger partial charge on any atom is 0.225 e. The Hall–Kier alpha value is -1.39. The first-order valence-electron chi connectivity index (χ1n) is 5.90. The predicted molar refractivity (Wildman–Crippen MR) is 71.1 cm³/mol. The summed E-state index contributed by atoms with van der Waals surface area (Å²) in [6.45, 7) is 2.67. The topological polar surface area (TPSA) is 44.4 Å². The maximum absolute atomic E-state index is 11.6. The zero-order valence-electron chi connectivity index (χ0n) is 10.6. The molecule has 0 aliphatic carbocycles. The van der Waals surface area contributed by atoms with Crippen LogP contribution in [0.1, 0.15) is 6.42 Å². The molecule has 0 aromatic heterocycles. The van der Waals surface area contributed by atoms with Gasteiger partial charge in [-0.25, -0.2) is 0 Å². The lowest BCUT2D eigenvalue weighted by molar-refractivity contribution is -0.116. The number of para-hydroxylation sites is 1. The van der Waals surface area contributed by atoms with Crippen LogP contribution in [0.2, 0.25) is 0 Å². The van der Waals surface area contributed by atoms with Gasteiger partial charge in [0.15, 0.2) is 0 Å². The summed E-state index contributed by atoms with van der Waals surface area (Å²) in [6, 6.07) is 9.54. The van der Waals surface area contributed by atoms with Gasteiger partial charge in [0, 0.05) is 31.7 Å². The van der Waals surface area contributed by atoms with Crippen molar-refractivity contribution < 1.29 is 4.79 Å². The second-order valence-corrected chi connectivity index (χ2v) is 4.07. The van der Waals surface area contributed by atoms with Crippen LogP contribution in [0.4, 0.5) is 5.69 Å². The van der Waals surface area contributed by atoms with Gasteiger partial charge in [-0.3, -0.25) is 4.79 Å². The van der Waals surface area contributed by atoms with Crippen molar-refractivity contribution in [3.05, 3.63) is 30.3 Å². The Morgan fingerprint density at radius 2 is 1.94 bits per heavy atom. The number of hydrogen-bond acceptors (Lipinski definition) is 3. The Morgan fingerprint density at radius 3 is 2.59 bits per heavy atom. The lowest BCUT2D eigenvalue weighted by atomic mass is 10.3. The van der Waals surface area contributed by atoms with E-state index in [1.54, 1.807) is 0 Å². The van der Waals surface area contributed by atoms with E-state index in [1.165, 1.54) is 0 Å². The van der Waals surface area contributed by atoms with Crippen LogP contribution in [0.5, 0.6) is 0 Å². The third kappa shape index (κ3) is 6.04. The average Bonchev–Trinajstić information content (AvgIpc) is 2.35. The minimum atomic E-state index is 0.0625. The minimum Gasteiger partial charge on any atom is -0.326 e. The summed E-state index contributed by atoms with van der Waals surface area (Å²) in [5, 5.41) is 5.96. The molecule has 17 heavy (non-hydrogen) atoms. The van der Waals surface area contributed by atoms with Crippen LogP contribution in [0.25, 0.3) is 0 Å². The maximum atomic E-state index is 11.6. The largest absolute Gasteiger partial charge is 0.326 e. The highest BCUT2D eigenvalue weighted by Gasteiger charge is 2.04. The number of nitrogens with one attached hydrogen (secondary N) is 2. The summed E-state index contributed by atoms with van der Waals surface area (Å²) in [4.78, 5) is 13.8. The second kappa shape index (κ2) is 7.81. The molecule has 4 nitrogen and oxygen atoms in total. The zero-order valence-corrected chi connectivity index (χ0v) is 10.6. The van der Waals surface area contributed by atoms with Gasteiger partial charge in [0.05, 0.1) is 0 Å². The third-order valence-corrected chi connectivity index (χ3v) is 2.52. The molecular weight excluding hydrogens is 214 g/mol. The number of amides is 1. The normalized spacial score (nSPS) is 10.5. The van der Waals surface area contributed by atoms with Gasteiger partial charge >= 0.3 is 0 Å². The van der Waals surface area contributed by atoms with E-state index in [2.05, 4.69) is 15.5 Å². The molecule has 0 unspecified atom stereocenters. The van der Waals surface area contributed by atoms with Crippen molar-refractivity contribution in [3.8, 4) is 0 Å². The van der Waals surface area contributed by atoms with E-state index in [0.29, 0.717) is 6.42 Å². The van der Waals surface area contributed by atoms with Crippen LogP contribution >= 0.6 is 0 Å². The Labute approximate surface area is 103 Å². The van der Waals surface area contributed by atoms with Gasteiger partial charge in [0.25, 0.3) is 0 Å². The van der Waals surface area contributed by atoms with Crippen molar-refractivity contribution in [1.82, 2.24) is 10.2 Å². The first kappa shape index (κ1) is 13.7. The van der Waals surface area contributed by atoms with E-state index < -0.39 is 0 Å². The first-order valence-corrected chi connectivity index (χ1v) is 5.90. The molecule has 0 heterocycles. The number of benzene rings is 1. The van der Waals surface area contributed by atoms with Gasteiger partial charge in [-0.15, -0.1) is 0 Å². The molecule has 94 valence electrons. The number of carbonyl (C=O) groups is 1. The summed E-state index contributed by atoms with van der Waals surface area (Å²) in [5.74, 6) is 0.0625. The van der Waals surface area contributed by atoms with Crippen molar-refractivity contribution >= 4 is 11.6 Å². The molecule has 0 bridgehead atoms. The Kier molecular flexibility index (Phi) is 6.29. The van der Waals surface area contributed by atoms with Gasteiger partial charge in [-0.05, 0) is 26.2 Å². The molecule has 1 aromatic rings. The highest BCUT2D eigenvalue weighted by Crippen LogP contribution is 2.05. The third-order valence-electron chi connectivity index (χ3n) is 2.52. The van der Waals surface area contributed by atoms with Crippen LogP contribution in [0.15, 0.2) is 30.3 Å². The number of hydrogen-bond donors (Lipinski definition) is 2. The van der Waals surface area contributed by atoms with Crippen molar-refractivity contribution in [2.45, 2.75) is 6.42 Å². The summed E-state index contributed by atoms with van der Waals surface area (Å²) in [5.41, 5.74) is 0.857. The Bertz CT molecular complexity index is 327. The van der Waals surface area contributed by atoms with Crippen LogP contribution in [-0.2, 0) is 4.79 Å². The van der Waals surface area contributed by atoms with Crippen LogP contribution in [0.3, 0.4) is 0 Å². The highest BCUT2D eigenvalue weighted by atomic mass is 16.1. The number of rotatable bonds is 7. The smallest absolute Gasteiger partial charge is 0.225 e. The van der Waals surface area contributed by atoms with Crippen molar-refractivity contribution in [2.24, 2.45) is 0 Å². The predicted octanol–water partition coefficient (Wildman–Crippen LogP) is 1.17. The molecule has 0 aliphatic heterocycles. The van der Waals surface area contributed by atoms with Crippen molar-refractivity contribution in [2.75, 3.05) is 39.0 Å². The quantitative estimate of drug-likeness (QED) is 0.745. The van der Waals surface area contributed by atoms with Gasteiger partial charge in [0.1, 0.15) is 0 Å². The summed E-state index contributed by atoms with van der Waals surface area (Å²) in [6.07, 6.45) is 0.523. The van der Waals surface area contributed by atoms with E-state index >= 15 is 0 Å². The van der Waals surface area contributed by atoms with Crippen LogP contribution < -0.4 is 10.6 Å².